The molecule has 4 rings (SSSR count). The van der Waals surface area contributed by atoms with Crippen LogP contribution in [0.25, 0.3) is 11.1 Å². The number of anilines is 2. The average molecular weight is 446 g/mol. The first-order valence-electron chi connectivity index (χ1n) is 9.47. The van der Waals surface area contributed by atoms with Crippen molar-refractivity contribution < 1.29 is 22.5 Å². The molecule has 1 aliphatic rings. The predicted octanol–water partition coefficient (Wildman–Crippen LogP) is 4.50. The Labute approximate surface area is 178 Å². The van der Waals surface area contributed by atoms with Gasteiger partial charge in [0.2, 0.25) is 5.88 Å². The Kier molecular flexibility index (Phi) is 5.73. The summed E-state index contributed by atoms with van der Waals surface area (Å²) in [6.45, 7) is 0.483. The molecule has 0 unspecified atom stereocenters. The lowest BCUT2D eigenvalue weighted by molar-refractivity contribution is 0.242. The van der Waals surface area contributed by atoms with Crippen LogP contribution in [0.4, 0.5) is 20.4 Å². The normalized spacial score (nSPS) is 15.3. The Morgan fingerprint density at radius 3 is 2.71 bits per heavy atom. The zero-order valence-corrected chi connectivity index (χ0v) is 17.5. The van der Waals surface area contributed by atoms with Crippen molar-refractivity contribution in [2.45, 2.75) is 12.2 Å². The highest BCUT2D eigenvalue weighted by molar-refractivity contribution is 7.90. The molecule has 0 saturated heterocycles. The molecule has 31 heavy (non-hydrogen) atoms. The van der Waals surface area contributed by atoms with Gasteiger partial charge in [0.1, 0.15) is 29.0 Å². The molecule has 162 valence electrons. The summed E-state index contributed by atoms with van der Waals surface area (Å²) in [7, 11) is -2.78. The Bertz CT molecular complexity index is 1240. The molecule has 3 aromatic rings. The number of aromatic nitrogens is 2. The molecule has 0 saturated carbocycles. The van der Waals surface area contributed by atoms with E-state index in [1.165, 1.54) is 30.5 Å². The number of ether oxygens (including phenoxy) is 2. The van der Waals surface area contributed by atoms with Gasteiger partial charge < -0.3 is 14.8 Å². The van der Waals surface area contributed by atoms with Crippen LogP contribution in [-0.2, 0) is 15.5 Å². The molecule has 3 heterocycles. The van der Waals surface area contributed by atoms with Crippen molar-refractivity contribution in [2.24, 2.45) is 0 Å². The topological polar surface area (TPSA) is 97.2 Å². The predicted molar refractivity (Wildman–Crippen MR) is 113 cm³/mol. The summed E-state index contributed by atoms with van der Waals surface area (Å²) in [4.78, 5) is 8.42. The number of benzene rings is 1. The third-order valence-electron chi connectivity index (χ3n) is 4.45. The van der Waals surface area contributed by atoms with Gasteiger partial charge in [-0.05, 0) is 29.8 Å². The molecule has 1 atom stereocenters. The van der Waals surface area contributed by atoms with Gasteiger partial charge in [-0.3, -0.25) is 4.78 Å². The van der Waals surface area contributed by atoms with E-state index in [1.807, 2.05) is 0 Å². The maximum absolute atomic E-state index is 14.6. The van der Waals surface area contributed by atoms with Gasteiger partial charge in [0.05, 0.1) is 25.2 Å². The van der Waals surface area contributed by atoms with Crippen LogP contribution in [0, 0.1) is 16.4 Å². The fourth-order valence-corrected chi connectivity index (χ4v) is 4.00. The van der Waals surface area contributed by atoms with Crippen LogP contribution in [-0.4, -0.2) is 33.6 Å². The Morgan fingerprint density at radius 1 is 1.10 bits per heavy atom. The van der Waals surface area contributed by atoms with Gasteiger partial charge in [-0.2, -0.15) is 4.98 Å². The molecule has 4 bridgehead atoms. The van der Waals surface area contributed by atoms with E-state index in [9.17, 15) is 13.0 Å². The van der Waals surface area contributed by atoms with Gasteiger partial charge in [-0.1, -0.05) is 0 Å². The first kappa shape index (κ1) is 21.0. The zero-order chi connectivity index (χ0) is 22.0. The molecule has 0 spiro atoms. The Balaban J connectivity index is 1.80. The molecule has 0 radical (unpaired) electrons. The van der Waals surface area contributed by atoms with E-state index in [4.69, 9.17) is 14.3 Å². The van der Waals surface area contributed by atoms with E-state index in [1.54, 1.807) is 12.1 Å². The summed E-state index contributed by atoms with van der Waals surface area (Å²) >= 11 is 0. The summed E-state index contributed by atoms with van der Waals surface area (Å²) < 4.78 is 59.4. The van der Waals surface area contributed by atoms with E-state index < -0.39 is 21.4 Å². The van der Waals surface area contributed by atoms with Crippen LogP contribution < -0.4 is 14.8 Å². The summed E-state index contributed by atoms with van der Waals surface area (Å²) in [5.41, 5.74) is 1.20. The van der Waals surface area contributed by atoms with E-state index >= 15 is 0 Å². The highest BCUT2D eigenvalue weighted by Gasteiger charge is 2.16. The van der Waals surface area contributed by atoms with Crippen molar-refractivity contribution in [3.05, 3.63) is 59.8 Å². The largest absolute Gasteiger partial charge is 0.493 e. The third kappa shape index (κ3) is 5.26. The molecule has 0 fully saturated rings. The third-order valence-corrected chi connectivity index (χ3v) is 5.33. The minimum absolute atomic E-state index is 0.0324. The lowest BCUT2D eigenvalue weighted by Crippen LogP contribution is -2.09. The molecule has 2 N–H and O–H groups in total. The van der Waals surface area contributed by atoms with Crippen LogP contribution in [0.1, 0.15) is 12.0 Å². The monoisotopic (exact) mass is 446 g/mol. The van der Waals surface area contributed by atoms with E-state index in [0.29, 0.717) is 29.2 Å². The molecule has 1 aromatic carbocycles. The van der Waals surface area contributed by atoms with Crippen molar-refractivity contribution in [1.82, 2.24) is 9.97 Å². The van der Waals surface area contributed by atoms with Gasteiger partial charge in [-0.25, -0.2) is 18.0 Å². The number of hydrogen-bond donors (Lipinski definition) is 2. The van der Waals surface area contributed by atoms with Crippen LogP contribution in [0.15, 0.2) is 42.6 Å². The molecule has 10 heteroatoms. The van der Waals surface area contributed by atoms with Crippen molar-refractivity contribution in [3.63, 3.8) is 0 Å². The quantitative estimate of drug-likeness (QED) is 0.602. The van der Waals surface area contributed by atoms with Crippen molar-refractivity contribution >= 4 is 21.4 Å². The second-order valence-corrected chi connectivity index (χ2v) is 9.51. The molecule has 1 aliphatic heterocycles. The fraction of sp³-hybridized carbons (Fsp3) is 0.238. The number of hydrogen-bond acceptors (Lipinski definition) is 7. The average Bonchev–Trinajstić information content (AvgIpc) is 2.67. The van der Waals surface area contributed by atoms with E-state index in [-0.39, 0.29) is 36.2 Å². The summed E-state index contributed by atoms with van der Waals surface area (Å²) in [5.74, 6) is 0.119. The smallest absolute Gasteiger partial charge is 0.215 e. The number of nitrogens with zero attached hydrogens (tertiary/aromatic N) is 2. The molecule has 0 aliphatic carbocycles. The zero-order valence-electron chi connectivity index (χ0n) is 16.7. The SMILES string of the molecule is C[S@](=N)(=O)Cc1cc2nc(c1)OCCCOc1cc(F)ccc1-c1cc(ncc1F)N2. The number of pyridine rings is 2. The summed E-state index contributed by atoms with van der Waals surface area (Å²) in [5, 5.41) is 3.00. The Morgan fingerprint density at radius 2 is 1.90 bits per heavy atom. The van der Waals surface area contributed by atoms with Crippen LogP contribution in [0.3, 0.4) is 0 Å². The van der Waals surface area contributed by atoms with Gasteiger partial charge in [-0.15, -0.1) is 0 Å². The van der Waals surface area contributed by atoms with Crippen molar-refractivity contribution in [3.8, 4) is 22.8 Å². The van der Waals surface area contributed by atoms with Gasteiger partial charge in [0, 0.05) is 45.7 Å². The van der Waals surface area contributed by atoms with Crippen LogP contribution in [0.5, 0.6) is 11.6 Å². The number of rotatable bonds is 2. The highest BCUT2D eigenvalue weighted by Crippen LogP contribution is 2.34. The fourth-order valence-electron chi connectivity index (χ4n) is 3.20. The number of fused-ring (bicyclic) bond motifs is 6. The minimum atomic E-state index is -2.78. The van der Waals surface area contributed by atoms with E-state index in [0.717, 1.165) is 6.20 Å². The second-order valence-electron chi connectivity index (χ2n) is 7.21. The molecule has 7 nitrogen and oxygen atoms in total. The Hall–Kier alpha value is -3.27. The van der Waals surface area contributed by atoms with Crippen LogP contribution >= 0.6 is 0 Å². The standard InChI is InChI=1S/C21H20F2N4O3S/c1-31(24,28)12-13-7-20-26-19-10-16(17(23)11-25-19)15-4-3-14(22)9-18(15)29-5-2-6-30-21(8-13)27-20/h3-4,7-11,24H,2,5-6,12H2,1H3,(H,25,26,27)/t31-/m0/s1. The van der Waals surface area contributed by atoms with Gasteiger partial charge in [0.15, 0.2) is 0 Å². The highest BCUT2D eigenvalue weighted by atomic mass is 32.2. The lowest BCUT2D eigenvalue weighted by Gasteiger charge is -2.16. The lowest BCUT2D eigenvalue weighted by atomic mass is 10.0. The van der Waals surface area contributed by atoms with Gasteiger partial charge in [0.25, 0.3) is 0 Å². The summed E-state index contributed by atoms with van der Waals surface area (Å²) in [6.07, 6.45) is 2.89. The molecule has 0 amide bonds. The minimum Gasteiger partial charge on any atom is -0.493 e. The second kappa shape index (κ2) is 8.46. The van der Waals surface area contributed by atoms with Crippen molar-refractivity contribution in [1.29, 1.82) is 4.78 Å². The molecular formula is C21H20F2N4O3S. The first-order valence-corrected chi connectivity index (χ1v) is 11.6. The maximum Gasteiger partial charge on any atom is 0.215 e. The van der Waals surface area contributed by atoms with Crippen LogP contribution in [0.2, 0.25) is 0 Å². The first-order chi connectivity index (χ1) is 14.8. The number of nitrogens with one attached hydrogen (secondary N) is 2. The van der Waals surface area contributed by atoms with Crippen molar-refractivity contribution in [2.75, 3.05) is 24.8 Å². The van der Waals surface area contributed by atoms with Gasteiger partial charge >= 0.3 is 0 Å². The molecular weight excluding hydrogens is 426 g/mol. The maximum atomic E-state index is 14.6. The number of halogens is 2. The molecule has 2 aromatic heterocycles. The van der Waals surface area contributed by atoms with E-state index in [2.05, 4.69) is 15.3 Å². The summed E-state index contributed by atoms with van der Waals surface area (Å²) in [6, 6.07) is 8.66.